The molecule has 2 aromatic heterocycles. The molecule has 0 unspecified atom stereocenters. The van der Waals surface area contributed by atoms with Gasteiger partial charge in [-0.2, -0.15) is 5.10 Å². The minimum absolute atomic E-state index is 0.128. The Kier molecular flexibility index (Phi) is 4.51. The van der Waals surface area contributed by atoms with Crippen molar-refractivity contribution in [3.05, 3.63) is 71.3 Å². The molecular formula is C17H17N5O2. The molecule has 0 bridgehead atoms. The SMILES string of the molecule is CCN(C(=O)Cn1nc(-n2cccn2)ccc1=O)c1ccccc1. The van der Waals surface area contributed by atoms with Gasteiger partial charge in [0.1, 0.15) is 6.54 Å². The highest BCUT2D eigenvalue weighted by Gasteiger charge is 2.15. The smallest absolute Gasteiger partial charge is 0.267 e. The van der Waals surface area contributed by atoms with Crippen molar-refractivity contribution in [3.8, 4) is 5.82 Å². The van der Waals surface area contributed by atoms with Crippen LogP contribution in [0.2, 0.25) is 0 Å². The maximum Gasteiger partial charge on any atom is 0.267 e. The third-order valence-electron chi connectivity index (χ3n) is 3.56. The molecule has 3 rings (SSSR count). The molecule has 0 saturated heterocycles. The highest BCUT2D eigenvalue weighted by Crippen LogP contribution is 2.13. The fourth-order valence-electron chi connectivity index (χ4n) is 2.40. The number of anilines is 1. The number of amides is 1. The topological polar surface area (TPSA) is 73.0 Å². The second-order valence-electron chi connectivity index (χ2n) is 5.11. The van der Waals surface area contributed by atoms with E-state index < -0.39 is 0 Å². The Labute approximate surface area is 138 Å². The van der Waals surface area contributed by atoms with E-state index in [2.05, 4.69) is 10.2 Å². The molecule has 7 heteroatoms. The average molecular weight is 323 g/mol. The summed E-state index contributed by atoms with van der Waals surface area (Å²) in [5.74, 6) is 0.283. The molecule has 0 atom stereocenters. The van der Waals surface area contributed by atoms with E-state index in [-0.39, 0.29) is 18.0 Å². The lowest BCUT2D eigenvalue weighted by Crippen LogP contribution is -2.37. The van der Waals surface area contributed by atoms with Crippen molar-refractivity contribution < 1.29 is 4.79 Å². The number of carbonyl (C=O) groups is 1. The van der Waals surface area contributed by atoms with Crippen molar-refractivity contribution in [2.24, 2.45) is 0 Å². The molecule has 0 aliphatic heterocycles. The number of hydrogen-bond donors (Lipinski definition) is 0. The summed E-state index contributed by atoms with van der Waals surface area (Å²) < 4.78 is 2.69. The van der Waals surface area contributed by atoms with Crippen LogP contribution in [-0.2, 0) is 11.3 Å². The lowest BCUT2D eigenvalue weighted by molar-refractivity contribution is -0.119. The Morgan fingerprint density at radius 3 is 2.58 bits per heavy atom. The standard InChI is InChI=1S/C17H17N5O2/c1-2-20(14-7-4-3-5-8-14)17(24)13-22-16(23)10-9-15(19-22)21-12-6-11-18-21/h3-12H,2,13H2,1H3. The molecule has 1 amide bonds. The first-order chi connectivity index (χ1) is 11.7. The van der Waals surface area contributed by atoms with E-state index in [1.807, 2.05) is 37.3 Å². The van der Waals surface area contributed by atoms with Gasteiger partial charge in [-0.1, -0.05) is 18.2 Å². The maximum atomic E-state index is 12.6. The number of nitrogens with zero attached hydrogens (tertiary/aromatic N) is 5. The van der Waals surface area contributed by atoms with E-state index in [1.165, 1.54) is 10.7 Å². The van der Waals surface area contributed by atoms with Gasteiger partial charge in [0.15, 0.2) is 5.82 Å². The second-order valence-corrected chi connectivity index (χ2v) is 5.11. The van der Waals surface area contributed by atoms with E-state index in [9.17, 15) is 9.59 Å². The Balaban J connectivity index is 1.86. The average Bonchev–Trinajstić information content (AvgIpc) is 3.13. The fourth-order valence-corrected chi connectivity index (χ4v) is 2.40. The summed E-state index contributed by atoms with van der Waals surface area (Å²) in [5.41, 5.74) is 0.463. The van der Waals surface area contributed by atoms with E-state index in [4.69, 9.17) is 0 Å². The predicted octanol–water partition coefficient (Wildman–Crippen LogP) is 1.48. The van der Waals surface area contributed by atoms with Crippen LogP contribution in [0.5, 0.6) is 0 Å². The zero-order valence-electron chi connectivity index (χ0n) is 13.2. The predicted molar refractivity (Wildman–Crippen MR) is 90.1 cm³/mol. The summed E-state index contributed by atoms with van der Waals surface area (Å²) in [7, 11) is 0. The summed E-state index contributed by atoms with van der Waals surface area (Å²) >= 11 is 0. The van der Waals surface area contributed by atoms with Crippen LogP contribution in [-0.4, -0.2) is 32.0 Å². The van der Waals surface area contributed by atoms with Crippen LogP contribution in [0.3, 0.4) is 0 Å². The molecule has 0 spiro atoms. The number of rotatable bonds is 5. The van der Waals surface area contributed by atoms with Gasteiger partial charge in [-0.05, 0) is 31.2 Å². The molecule has 0 aliphatic carbocycles. The number of hydrogen-bond acceptors (Lipinski definition) is 4. The van der Waals surface area contributed by atoms with Crippen LogP contribution >= 0.6 is 0 Å². The Morgan fingerprint density at radius 1 is 1.12 bits per heavy atom. The van der Waals surface area contributed by atoms with Crippen molar-refractivity contribution in [2.75, 3.05) is 11.4 Å². The van der Waals surface area contributed by atoms with Gasteiger partial charge in [0.05, 0.1) is 0 Å². The monoisotopic (exact) mass is 323 g/mol. The van der Waals surface area contributed by atoms with Gasteiger partial charge >= 0.3 is 0 Å². The third kappa shape index (κ3) is 3.24. The van der Waals surface area contributed by atoms with Gasteiger partial charge in [-0.3, -0.25) is 9.59 Å². The zero-order valence-corrected chi connectivity index (χ0v) is 13.2. The number of carbonyl (C=O) groups excluding carboxylic acids is 1. The maximum absolute atomic E-state index is 12.6. The molecule has 0 saturated carbocycles. The molecule has 2 heterocycles. The zero-order chi connectivity index (χ0) is 16.9. The third-order valence-corrected chi connectivity index (χ3v) is 3.56. The minimum Gasteiger partial charge on any atom is -0.311 e. The molecule has 0 radical (unpaired) electrons. The number of likely N-dealkylation sites (N-methyl/N-ethyl adjacent to an activating group) is 1. The Hall–Kier alpha value is -3.22. The molecule has 0 aliphatic rings. The van der Waals surface area contributed by atoms with Crippen LogP contribution in [0.15, 0.2) is 65.7 Å². The van der Waals surface area contributed by atoms with Crippen molar-refractivity contribution in [3.63, 3.8) is 0 Å². The van der Waals surface area contributed by atoms with Crippen molar-refractivity contribution in [1.82, 2.24) is 19.6 Å². The summed E-state index contributed by atoms with van der Waals surface area (Å²) in [4.78, 5) is 26.2. The first-order valence-corrected chi connectivity index (χ1v) is 7.62. The van der Waals surface area contributed by atoms with Gasteiger partial charge in [0.2, 0.25) is 5.91 Å². The van der Waals surface area contributed by atoms with Crippen LogP contribution in [0.1, 0.15) is 6.92 Å². The van der Waals surface area contributed by atoms with Gasteiger partial charge in [-0.25, -0.2) is 9.36 Å². The molecule has 0 N–H and O–H groups in total. The first-order valence-electron chi connectivity index (χ1n) is 7.62. The number of para-hydroxylation sites is 1. The Bertz CT molecular complexity index is 872. The fraction of sp³-hybridized carbons (Fsp3) is 0.176. The van der Waals surface area contributed by atoms with Crippen LogP contribution in [0.25, 0.3) is 5.82 Å². The van der Waals surface area contributed by atoms with Gasteiger partial charge in [0, 0.05) is 30.7 Å². The summed E-state index contributed by atoms with van der Waals surface area (Å²) in [6.45, 7) is 2.27. The molecular weight excluding hydrogens is 306 g/mol. The number of benzene rings is 1. The summed E-state index contributed by atoms with van der Waals surface area (Å²) in [6.07, 6.45) is 3.35. The van der Waals surface area contributed by atoms with Gasteiger partial charge < -0.3 is 4.90 Å². The van der Waals surface area contributed by atoms with E-state index in [1.54, 1.807) is 29.4 Å². The van der Waals surface area contributed by atoms with Crippen molar-refractivity contribution in [1.29, 1.82) is 0 Å². The normalized spacial score (nSPS) is 10.5. The highest BCUT2D eigenvalue weighted by atomic mass is 16.2. The molecule has 0 fully saturated rings. The van der Waals surface area contributed by atoms with Gasteiger partial charge in [-0.15, -0.1) is 5.10 Å². The molecule has 122 valence electrons. The molecule has 24 heavy (non-hydrogen) atoms. The molecule has 7 nitrogen and oxygen atoms in total. The van der Waals surface area contributed by atoms with Crippen LogP contribution in [0, 0.1) is 0 Å². The van der Waals surface area contributed by atoms with E-state index in [0.717, 1.165) is 10.4 Å². The number of aromatic nitrogens is 4. The summed E-state index contributed by atoms with van der Waals surface area (Å²) in [5, 5.41) is 8.30. The quantitative estimate of drug-likeness (QED) is 0.713. The van der Waals surface area contributed by atoms with E-state index in [0.29, 0.717) is 12.4 Å². The van der Waals surface area contributed by atoms with Crippen molar-refractivity contribution >= 4 is 11.6 Å². The first kappa shape index (κ1) is 15.7. The van der Waals surface area contributed by atoms with Gasteiger partial charge in [0.25, 0.3) is 5.56 Å². The van der Waals surface area contributed by atoms with Crippen LogP contribution in [0.4, 0.5) is 5.69 Å². The van der Waals surface area contributed by atoms with Crippen LogP contribution < -0.4 is 10.5 Å². The second kappa shape index (κ2) is 6.91. The lowest BCUT2D eigenvalue weighted by Gasteiger charge is -2.21. The molecule has 3 aromatic rings. The molecule has 1 aromatic carbocycles. The van der Waals surface area contributed by atoms with E-state index >= 15 is 0 Å². The van der Waals surface area contributed by atoms with Crippen molar-refractivity contribution in [2.45, 2.75) is 13.5 Å². The summed E-state index contributed by atoms with van der Waals surface area (Å²) in [6, 6.07) is 14.1. The largest absolute Gasteiger partial charge is 0.311 e. The minimum atomic E-state index is -0.330. The Morgan fingerprint density at radius 2 is 1.92 bits per heavy atom. The lowest BCUT2D eigenvalue weighted by atomic mass is 10.3. The highest BCUT2D eigenvalue weighted by molar-refractivity contribution is 5.93.